The monoisotopic (exact) mass is 398 g/mol. The molecule has 1 heterocycles. The second-order valence-corrected chi connectivity index (χ2v) is 7.28. The summed E-state index contributed by atoms with van der Waals surface area (Å²) in [4.78, 5) is 15.9. The van der Waals surface area contributed by atoms with E-state index in [0.29, 0.717) is 11.4 Å². The van der Waals surface area contributed by atoms with E-state index in [2.05, 4.69) is 4.98 Å². The van der Waals surface area contributed by atoms with Crippen LogP contribution >= 0.6 is 11.8 Å². The van der Waals surface area contributed by atoms with Crippen molar-refractivity contribution >= 4 is 17.7 Å². The second-order valence-electron chi connectivity index (χ2n) is 6.22. The number of ether oxygens (including phenoxy) is 2. The van der Waals surface area contributed by atoms with Gasteiger partial charge in [0.25, 0.3) is 0 Å². The van der Waals surface area contributed by atoms with Gasteiger partial charge in [-0.05, 0) is 25.0 Å². The first kappa shape index (κ1) is 21.4. The van der Waals surface area contributed by atoms with Gasteiger partial charge in [0, 0.05) is 24.4 Å². The summed E-state index contributed by atoms with van der Waals surface area (Å²) in [6.45, 7) is 8.71. The van der Waals surface area contributed by atoms with Crippen molar-refractivity contribution in [3.8, 4) is 0 Å². The van der Waals surface area contributed by atoms with E-state index < -0.39 is 11.6 Å². The van der Waals surface area contributed by atoms with Crippen LogP contribution in [-0.4, -0.2) is 28.7 Å². The van der Waals surface area contributed by atoms with Gasteiger partial charge in [-0.1, -0.05) is 25.6 Å². The standard InChI is InChI=1S/C19H24F2N2O3S/c1-5-23-17(11-25-6-7-26-13(4)24)22-18(12(2)3)19(23)27-16-9-14(20)8-15(21)10-16/h8-10,12H,5-7,11H2,1-4H3. The molecule has 8 heteroatoms. The van der Waals surface area contributed by atoms with Gasteiger partial charge in [0.2, 0.25) is 0 Å². The van der Waals surface area contributed by atoms with E-state index in [4.69, 9.17) is 9.47 Å². The van der Waals surface area contributed by atoms with Crippen molar-refractivity contribution < 1.29 is 23.0 Å². The van der Waals surface area contributed by atoms with E-state index in [1.807, 2.05) is 25.3 Å². The Bertz CT molecular complexity index is 773. The normalized spacial score (nSPS) is 11.2. The van der Waals surface area contributed by atoms with E-state index in [0.717, 1.165) is 22.6 Å². The van der Waals surface area contributed by atoms with Gasteiger partial charge >= 0.3 is 5.97 Å². The fourth-order valence-corrected chi connectivity index (χ4v) is 3.83. The van der Waals surface area contributed by atoms with Gasteiger partial charge in [-0.25, -0.2) is 13.8 Å². The van der Waals surface area contributed by atoms with Crippen LogP contribution in [0.3, 0.4) is 0 Å². The number of benzene rings is 1. The molecule has 0 aliphatic rings. The highest BCUT2D eigenvalue weighted by Gasteiger charge is 2.20. The summed E-state index contributed by atoms with van der Waals surface area (Å²) in [5, 5.41) is 0.844. The van der Waals surface area contributed by atoms with Gasteiger partial charge in [0.15, 0.2) is 0 Å². The van der Waals surface area contributed by atoms with Gasteiger partial charge in [-0.2, -0.15) is 0 Å². The van der Waals surface area contributed by atoms with Crippen molar-refractivity contribution in [1.82, 2.24) is 9.55 Å². The van der Waals surface area contributed by atoms with Crippen molar-refractivity contribution in [3.05, 3.63) is 41.4 Å². The van der Waals surface area contributed by atoms with Gasteiger partial charge in [-0.3, -0.25) is 4.79 Å². The first-order chi connectivity index (χ1) is 12.8. The van der Waals surface area contributed by atoms with Crippen LogP contribution in [0.4, 0.5) is 8.78 Å². The minimum Gasteiger partial charge on any atom is -0.463 e. The van der Waals surface area contributed by atoms with Crippen molar-refractivity contribution in [2.75, 3.05) is 13.2 Å². The summed E-state index contributed by atoms with van der Waals surface area (Å²) in [5.41, 5.74) is 0.852. The molecule has 1 aromatic carbocycles. The Morgan fingerprint density at radius 3 is 2.44 bits per heavy atom. The molecule has 0 atom stereocenters. The molecule has 27 heavy (non-hydrogen) atoms. The van der Waals surface area contributed by atoms with Crippen LogP contribution in [0.2, 0.25) is 0 Å². The zero-order valence-corrected chi connectivity index (χ0v) is 16.7. The lowest BCUT2D eigenvalue weighted by Crippen LogP contribution is -2.10. The summed E-state index contributed by atoms with van der Waals surface area (Å²) in [6, 6.07) is 3.47. The predicted molar refractivity (Wildman–Crippen MR) is 98.8 cm³/mol. The van der Waals surface area contributed by atoms with Crippen molar-refractivity contribution in [1.29, 1.82) is 0 Å². The Balaban J connectivity index is 2.21. The molecular weight excluding hydrogens is 374 g/mol. The molecule has 0 unspecified atom stereocenters. The molecule has 148 valence electrons. The van der Waals surface area contributed by atoms with Gasteiger partial charge in [-0.15, -0.1) is 0 Å². The Morgan fingerprint density at radius 1 is 1.22 bits per heavy atom. The number of carbonyl (C=O) groups excluding carboxylic acids is 1. The quantitative estimate of drug-likeness (QED) is 0.459. The Kier molecular flexibility index (Phi) is 7.79. The number of aromatic nitrogens is 2. The van der Waals surface area contributed by atoms with E-state index >= 15 is 0 Å². The number of hydrogen-bond acceptors (Lipinski definition) is 5. The van der Waals surface area contributed by atoms with Crippen LogP contribution in [0.1, 0.15) is 45.1 Å². The van der Waals surface area contributed by atoms with Crippen LogP contribution in [0.25, 0.3) is 0 Å². The largest absolute Gasteiger partial charge is 0.463 e. The van der Waals surface area contributed by atoms with Crippen LogP contribution in [-0.2, 0) is 27.4 Å². The third kappa shape index (κ3) is 6.04. The maximum Gasteiger partial charge on any atom is 0.302 e. The number of rotatable bonds is 9. The molecule has 0 radical (unpaired) electrons. The van der Waals surface area contributed by atoms with Crippen LogP contribution < -0.4 is 0 Å². The molecule has 0 bridgehead atoms. The Morgan fingerprint density at radius 2 is 1.89 bits per heavy atom. The average molecular weight is 398 g/mol. The lowest BCUT2D eigenvalue weighted by Gasteiger charge is -2.11. The van der Waals surface area contributed by atoms with E-state index in [-0.39, 0.29) is 31.7 Å². The third-order valence-electron chi connectivity index (χ3n) is 3.70. The van der Waals surface area contributed by atoms with Crippen molar-refractivity contribution in [3.63, 3.8) is 0 Å². The number of imidazole rings is 1. The van der Waals surface area contributed by atoms with Gasteiger partial charge in [0.05, 0.1) is 12.3 Å². The van der Waals surface area contributed by atoms with Crippen LogP contribution in [0, 0.1) is 11.6 Å². The summed E-state index contributed by atoms with van der Waals surface area (Å²) < 4.78 is 39.5. The molecule has 0 aliphatic carbocycles. The Labute approximate surface area is 162 Å². The predicted octanol–water partition coefficient (Wildman–Crippen LogP) is 4.54. The highest BCUT2D eigenvalue weighted by Crippen LogP contribution is 2.35. The fourth-order valence-electron chi connectivity index (χ4n) is 2.53. The molecule has 5 nitrogen and oxygen atoms in total. The zero-order chi connectivity index (χ0) is 20.0. The number of halogens is 2. The summed E-state index contributed by atoms with van der Waals surface area (Å²) in [7, 11) is 0. The van der Waals surface area contributed by atoms with Crippen LogP contribution in [0.15, 0.2) is 28.1 Å². The topological polar surface area (TPSA) is 53.4 Å². The molecule has 0 saturated carbocycles. The minimum atomic E-state index is -0.611. The van der Waals surface area contributed by atoms with Crippen LogP contribution in [0.5, 0.6) is 0 Å². The fraction of sp³-hybridized carbons (Fsp3) is 0.474. The third-order valence-corrected chi connectivity index (χ3v) is 4.80. The first-order valence-corrected chi connectivity index (χ1v) is 9.57. The maximum atomic E-state index is 13.5. The van der Waals surface area contributed by atoms with E-state index in [1.54, 1.807) is 0 Å². The zero-order valence-electron chi connectivity index (χ0n) is 15.9. The molecule has 2 aromatic rings. The van der Waals surface area contributed by atoms with E-state index in [1.165, 1.54) is 30.8 Å². The SMILES string of the molecule is CCn1c(COCCOC(C)=O)nc(C(C)C)c1Sc1cc(F)cc(F)c1. The highest BCUT2D eigenvalue weighted by atomic mass is 32.2. The number of nitrogens with zero attached hydrogens (tertiary/aromatic N) is 2. The average Bonchev–Trinajstić information content (AvgIpc) is 2.91. The number of esters is 1. The molecule has 0 aliphatic heterocycles. The molecule has 0 saturated heterocycles. The molecule has 1 aromatic heterocycles. The molecule has 0 amide bonds. The smallest absolute Gasteiger partial charge is 0.302 e. The molecular formula is C19H24F2N2O3S. The highest BCUT2D eigenvalue weighted by molar-refractivity contribution is 7.99. The maximum absolute atomic E-state index is 13.5. The molecule has 0 fully saturated rings. The number of carbonyl (C=O) groups is 1. The van der Waals surface area contributed by atoms with Crippen molar-refractivity contribution in [2.45, 2.75) is 56.7 Å². The summed E-state index contributed by atoms with van der Waals surface area (Å²) in [6.07, 6.45) is 0. The molecule has 0 spiro atoms. The Hall–Kier alpha value is -1.93. The van der Waals surface area contributed by atoms with E-state index in [9.17, 15) is 13.6 Å². The summed E-state index contributed by atoms with van der Waals surface area (Å²) >= 11 is 1.29. The van der Waals surface area contributed by atoms with Gasteiger partial charge in [0.1, 0.15) is 35.7 Å². The second kappa shape index (κ2) is 9.85. The lowest BCUT2D eigenvalue weighted by atomic mass is 10.1. The first-order valence-electron chi connectivity index (χ1n) is 8.76. The number of hydrogen-bond donors (Lipinski definition) is 0. The van der Waals surface area contributed by atoms with Crippen molar-refractivity contribution in [2.24, 2.45) is 0 Å². The molecule has 0 N–H and O–H groups in total. The lowest BCUT2D eigenvalue weighted by molar-refractivity contribution is -0.142. The summed E-state index contributed by atoms with van der Waals surface area (Å²) in [5.74, 6) is -0.709. The molecule has 2 rings (SSSR count). The van der Waals surface area contributed by atoms with Gasteiger partial charge < -0.3 is 14.0 Å². The minimum absolute atomic E-state index is 0.138.